The minimum atomic E-state index is -1.00. The molecule has 0 bridgehead atoms. The molecule has 0 spiro atoms. The zero-order valence-corrected chi connectivity index (χ0v) is 18.1. The molecule has 2 aromatic carbocycles. The summed E-state index contributed by atoms with van der Waals surface area (Å²) in [6.07, 6.45) is 2.05. The fourth-order valence-electron chi connectivity index (χ4n) is 3.27. The van der Waals surface area contributed by atoms with Crippen molar-refractivity contribution in [3.63, 3.8) is 0 Å². The molecule has 0 radical (unpaired) electrons. The van der Waals surface area contributed by atoms with Gasteiger partial charge in [0.2, 0.25) is 0 Å². The molecular formula is C22H22ClN3O3S. The van der Waals surface area contributed by atoms with Crippen molar-refractivity contribution in [3.8, 4) is 11.4 Å². The van der Waals surface area contributed by atoms with Crippen molar-refractivity contribution in [1.82, 2.24) is 9.78 Å². The molecule has 1 aromatic heterocycles. The van der Waals surface area contributed by atoms with E-state index in [0.717, 1.165) is 35.5 Å². The summed E-state index contributed by atoms with van der Waals surface area (Å²) >= 11 is 6.14. The molecule has 0 unspecified atom stereocenters. The van der Waals surface area contributed by atoms with E-state index < -0.39 is 10.8 Å². The summed E-state index contributed by atoms with van der Waals surface area (Å²) in [7, 11) is -1.00. The maximum absolute atomic E-state index is 12.9. The number of halogens is 1. The Bertz CT molecular complexity index is 1100. The standard InChI is InChI=1S/C22H22ClN3O3S/c1-2-3-11-29-18-9-7-15(8-10-18)22(27)24-21-19-13-30(28)14-20(19)25-26(21)17-6-4-5-16(23)12-17/h4-10,12H,2-3,11,13-14H2,1H3,(H,24,27)/t30-/m0/s1. The zero-order chi connectivity index (χ0) is 21.1. The second-order valence-corrected chi connectivity index (χ2v) is 8.97. The van der Waals surface area contributed by atoms with E-state index in [0.29, 0.717) is 34.5 Å². The second-order valence-electron chi connectivity index (χ2n) is 7.07. The van der Waals surface area contributed by atoms with Crippen LogP contribution in [0.15, 0.2) is 48.5 Å². The highest BCUT2D eigenvalue weighted by Crippen LogP contribution is 2.32. The van der Waals surface area contributed by atoms with E-state index in [1.807, 2.05) is 12.1 Å². The Morgan fingerprint density at radius 2 is 2.03 bits per heavy atom. The lowest BCUT2D eigenvalue weighted by atomic mass is 10.2. The summed E-state index contributed by atoms with van der Waals surface area (Å²) in [6.45, 7) is 2.77. The molecule has 1 atom stereocenters. The maximum Gasteiger partial charge on any atom is 0.256 e. The van der Waals surface area contributed by atoms with Crippen LogP contribution < -0.4 is 10.1 Å². The lowest BCUT2D eigenvalue weighted by molar-refractivity contribution is 0.102. The maximum atomic E-state index is 12.9. The van der Waals surface area contributed by atoms with Crippen molar-refractivity contribution >= 4 is 34.1 Å². The lowest BCUT2D eigenvalue weighted by Gasteiger charge is -2.12. The molecule has 1 aliphatic rings. The summed E-state index contributed by atoms with van der Waals surface area (Å²) in [6, 6.07) is 14.3. The van der Waals surface area contributed by atoms with E-state index in [1.165, 1.54) is 0 Å². The number of anilines is 1. The third-order valence-corrected chi connectivity index (χ3v) is 6.28. The molecule has 6 nitrogen and oxygen atoms in total. The van der Waals surface area contributed by atoms with Gasteiger partial charge < -0.3 is 10.1 Å². The number of nitrogens with one attached hydrogen (secondary N) is 1. The fraction of sp³-hybridized carbons (Fsp3) is 0.273. The number of rotatable bonds is 7. The van der Waals surface area contributed by atoms with Gasteiger partial charge in [0.25, 0.3) is 5.91 Å². The Hall–Kier alpha value is -2.64. The van der Waals surface area contributed by atoms with Crippen LogP contribution in [0, 0.1) is 0 Å². The molecule has 2 heterocycles. The molecule has 0 saturated carbocycles. The molecule has 1 amide bonds. The van der Waals surface area contributed by atoms with Crippen LogP contribution in [0.5, 0.6) is 5.75 Å². The van der Waals surface area contributed by atoms with E-state index in [1.54, 1.807) is 41.1 Å². The van der Waals surface area contributed by atoms with Gasteiger partial charge in [-0.2, -0.15) is 5.10 Å². The molecule has 3 aromatic rings. The Kier molecular flexibility index (Phi) is 6.20. The SMILES string of the molecule is CCCCOc1ccc(C(=O)Nc2c3c(nn2-c2cccc(Cl)c2)C[S@@](=O)C3)cc1. The quantitative estimate of drug-likeness (QED) is 0.536. The van der Waals surface area contributed by atoms with Crippen LogP contribution in [0.1, 0.15) is 41.4 Å². The van der Waals surface area contributed by atoms with Crippen LogP contribution in [0.2, 0.25) is 5.02 Å². The van der Waals surface area contributed by atoms with E-state index in [9.17, 15) is 9.00 Å². The monoisotopic (exact) mass is 443 g/mol. The molecule has 4 rings (SSSR count). The van der Waals surface area contributed by atoms with Gasteiger partial charge in [0.05, 0.1) is 29.5 Å². The lowest BCUT2D eigenvalue weighted by Crippen LogP contribution is -2.16. The van der Waals surface area contributed by atoms with E-state index in [2.05, 4.69) is 17.3 Å². The number of benzene rings is 2. The van der Waals surface area contributed by atoms with Crippen molar-refractivity contribution in [1.29, 1.82) is 0 Å². The zero-order valence-electron chi connectivity index (χ0n) is 16.6. The first-order valence-corrected chi connectivity index (χ1v) is 11.7. The highest BCUT2D eigenvalue weighted by atomic mass is 35.5. The highest BCUT2D eigenvalue weighted by molar-refractivity contribution is 7.83. The fourth-order valence-corrected chi connectivity index (χ4v) is 4.72. The predicted molar refractivity (Wildman–Crippen MR) is 119 cm³/mol. The van der Waals surface area contributed by atoms with Crippen LogP contribution in [-0.2, 0) is 22.3 Å². The predicted octanol–water partition coefficient (Wildman–Crippen LogP) is 4.72. The molecule has 8 heteroatoms. The van der Waals surface area contributed by atoms with E-state index in [4.69, 9.17) is 16.3 Å². The third-order valence-electron chi connectivity index (χ3n) is 4.84. The molecule has 0 saturated heterocycles. The topological polar surface area (TPSA) is 73.2 Å². The van der Waals surface area contributed by atoms with Crippen LogP contribution in [-0.4, -0.2) is 26.5 Å². The molecule has 1 aliphatic heterocycles. The van der Waals surface area contributed by atoms with Gasteiger partial charge in [0, 0.05) is 26.9 Å². The van der Waals surface area contributed by atoms with Crippen molar-refractivity contribution in [2.75, 3.05) is 11.9 Å². The van der Waals surface area contributed by atoms with Crippen molar-refractivity contribution in [2.45, 2.75) is 31.3 Å². The van der Waals surface area contributed by atoms with Crippen LogP contribution >= 0.6 is 11.6 Å². The molecule has 0 fully saturated rings. The number of amides is 1. The van der Waals surface area contributed by atoms with Gasteiger partial charge in [-0.05, 0) is 48.9 Å². The average Bonchev–Trinajstić information content (AvgIpc) is 3.25. The van der Waals surface area contributed by atoms with Crippen LogP contribution in [0.4, 0.5) is 5.82 Å². The molecule has 156 valence electrons. The van der Waals surface area contributed by atoms with Crippen molar-refractivity contribution in [2.24, 2.45) is 0 Å². The van der Waals surface area contributed by atoms with Gasteiger partial charge in [0.1, 0.15) is 11.6 Å². The van der Waals surface area contributed by atoms with E-state index in [-0.39, 0.29) is 5.91 Å². The first kappa shape index (κ1) is 20.6. The van der Waals surface area contributed by atoms with Crippen molar-refractivity contribution in [3.05, 3.63) is 70.4 Å². The van der Waals surface area contributed by atoms with Gasteiger partial charge >= 0.3 is 0 Å². The Morgan fingerprint density at radius 3 is 2.77 bits per heavy atom. The van der Waals surface area contributed by atoms with Gasteiger partial charge in [-0.3, -0.25) is 9.00 Å². The summed E-state index contributed by atoms with van der Waals surface area (Å²) in [5.41, 5.74) is 2.78. The number of carbonyl (C=O) groups excluding carboxylic acids is 1. The number of hydrogen-bond acceptors (Lipinski definition) is 4. The van der Waals surface area contributed by atoms with Crippen LogP contribution in [0.3, 0.4) is 0 Å². The minimum Gasteiger partial charge on any atom is -0.494 e. The number of unbranched alkanes of at least 4 members (excludes halogenated alkanes) is 1. The van der Waals surface area contributed by atoms with Gasteiger partial charge in [-0.25, -0.2) is 4.68 Å². The second kappa shape index (κ2) is 9.02. The van der Waals surface area contributed by atoms with Gasteiger partial charge in [0.15, 0.2) is 0 Å². The largest absolute Gasteiger partial charge is 0.494 e. The molecule has 1 N–H and O–H groups in total. The number of nitrogens with zero attached hydrogens (tertiary/aromatic N) is 2. The summed E-state index contributed by atoms with van der Waals surface area (Å²) in [5.74, 6) is 1.76. The molecular weight excluding hydrogens is 422 g/mol. The minimum absolute atomic E-state index is 0.265. The first-order chi connectivity index (χ1) is 14.5. The normalized spacial score (nSPS) is 15.1. The Morgan fingerprint density at radius 1 is 1.23 bits per heavy atom. The van der Waals surface area contributed by atoms with E-state index >= 15 is 0 Å². The number of aromatic nitrogens is 2. The Balaban J connectivity index is 1.59. The van der Waals surface area contributed by atoms with Crippen LogP contribution in [0.25, 0.3) is 5.69 Å². The summed E-state index contributed by atoms with van der Waals surface area (Å²) < 4.78 is 19.3. The highest BCUT2D eigenvalue weighted by Gasteiger charge is 2.28. The van der Waals surface area contributed by atoms with Gasteiger partial charge in [-0.1, -0.05) is 31.0 Å². The number of ether oxygens (including phenoxy) is 1. The molecule has 30 heavy (non-hydrogen) atoms. The van der Waals surface area contributed by atoms with Gasteiger partial charge in [-0.15, -0.1) is 0 Å². The summed E-state index contributed by atoms with van der Waals surface area (Å²) in [4.78, 5) is 12.9. The van der Waals surface area contributed by atoms with Crippen molar-refractivity contribution < 1.29 is 13.7 Å². The number of hydrogen-bond donors (Lipinski definition) is 1. The average molecular weight is 444 g/mol. The smallest absolute Gasteiger partial charge is 0.256 e. The Labute approximate surface area is 182 Å². The number of fused-ring (bicyclic) bond motifs is 1. The number of carbonyl (C=O) groups is 1. The summed E-state index contributed by atoms with van der Waals surface area (Å²) in [5, 5.41) is 8.12. The first-order valence-electron chi connectivity index (χ1n) is 9.81. The third kappa shape index (κ3) is 4.42. The molecule has 0 aliphatic carbocycles.